The first-order chi connectivity index (χ1) is 12.8. The lowest BCUT2D eigenvalue weighted by Gasteiger charge is -2.36. The summed E-state index contributed by atoms with van der Waals surface area (Å²) in [5, 5.41) is 2.59. The molecule has 0 saturated carbocycles. The third-order valence-corrected chi connectivity index (χ3v) is 5.41. The molecular formula is C18H22ClF2N3O3. The molecular weight excluding hydrogens is 380 g/mol. The van der Waals surface area contributed by atoms with Crippen LogP contribution >= 0.6 is 11.6 Å². The van der Waals surface area contributed by atoms with Crippen molar-refractivity contribution in [3.8, 4) is 0 Å². The lowest BCUT2D eigenvalue weighted by Crippen LogP contribution is -2.43. The van der Waals surface area contributed by atoms with Gasteiger partial charge in [0, 0.05) is 32.9 Å². The first-order valence-corrected chi connectivity index (χ1v) is 9.37. The van der Waals surface area contributed by atoms with Gasteiger partial charge in [-0.25, -0.2) is 13.6 Å². The summed E-state index contributed by atoms with van der Waals surface area (Å²) in [6.07, 6.45) is -0.568. The lowest BCUT2D eigenvalue weighted by atomic mass is 9.95. The van der Waals surface area contributed by atoms with Crippen LogP contribution in [-0.2, 0) is 9.53 Å². The number of amides is 2. The van der Waals surface area contributed by atoms with Crippen molar-refractivity contribution in [1.82, 2.24) is 5.32 Å². The van der Waals surface area contributed by atoms with Crippen LogP contribution in [0.15, 0.2) is 18.2 Å². The number of alkyl halides is 2. The minimum atomic E-state index is -1.39. The molecule has 2 aliphatic rings. The predicted octanol–water partition coefficient (Wildman–Crippen LogP) is 2.83. The van der Waals surface area contributed by atoms with E-state index in [1.165, 1.54) is 17.9 Å². The highest BCUT2D eigenvalue weighted by Gasteiger charge is 2.35. The van der Waals surface area contributed by atoms with E-state index in [1.54, 1.807) is 17.0 Å². The van der Waals surface area contributed by atoms with Gasteiger partial charge in [-0.2, -0.15) is 0 Å². The van der Waals surface area contributed by atoms with Crippen LogP contribution in [0.2, 0.25) is 0 Å². The van der Waals surface area contributed by atoms with E-state index in [0.29, 0.717) is 24.5 Å². The molecule has 0 spiro atoms. The van der Waals surface area contributed by atoms with Gasteiger partial charge in [0.1, 0.15) is 17.6 Å². The molecule has 2 amide bonds. The Labute approximate surface area is 161 Å². The van der Waals surface area contributed by atoms with E-state index in [1.807, 2.05) is 0 Å². The molecule has 0 unspecified atom stereocenters. The van der Waals surface area contributed by atoms with Gasteiger partial charge in [0.15, 0.2) is 0 Å². The van der Waals surface area contributed by atoms with Gasteiger partial charge in [-0.05, 0) is 18.2 Å². The van der Waals surface area contributed by atoms with Gasteiger partial charge in [0.25, 0.3) is 0 Å². The quantitative estimate of drug-likeness (QED) is 0.771. The van der Waals surface area contributed by atoms with E-state index < -0.39 is 23.7 Å². The summed E-state index contributed by atoms with van der Waals surface area (Å²) >= 11 is 5.67. The van der Waals surface area contributed by atoms with E-state index in [4.69, 9.17) is 16.3 Å². The minimum absolute atomic E-state index is 0.0566. The summed E-state index contributed by atoms with van der Waals surface area (Å²) in [6, 6.07) is 4.50. The van der Waals surface area contributed by atoms with Gasteiger partial charge in [0.2, 0.25) is 5.91 Å². The monoisotopic (exact) mass is 401 g/mol. The normalized spacial score (nSPS) is 21.9. The first-order valence-electron chi connectivity index (χ1n) is 8.83. The zero-order valence-electron chi connectivity index (χ0n) is 15.0. The third-order valence-electron chi connectivity index (χ3n) is 4.94. The molecule has 27 heavy (non-hydrogen) atoms. The van der Waals surface area contributed by atoms with Crippen LogP contribution in [0.5, 0.6) is 0 Å². The number of carbonyl (C=O) groups excluding carboxylic acids is 2. The zero-order chi connectivity index (χ0) is 19.6. The topological polar surface area (TPSA) is 61.9 Å². The minimum Gasteiger partial charge on any atom is -0.442 e. The molecule has 1 atom stereocenters. The van der Waals surface area contributed by atoms with Crippen molar-refractivity contribution in [2.24, 2.45) is 0 Å². The number of benzene rings is 1. The number of hydrogen-bond acceptors (Lipinski definition) is 4. The van der Waals surface area contributed by atoms with Gasteiger partial charge in [-0.15, -0.1) is 11.6 Å². The maximum atomic E-state index is 14.6. The fourth-order valence-corrected chi connectivity index (χ4v) is 3.57. The molecule has 1 N–H and O–H groups in total. The summed E-state index contributed by atoms with van der Waals surface area (Å²) in [5.41, 5.74) is -0.640. The third kappa shape index (κ3) is 4.43. The van der Waals surface area contributed by atoms with Crippen molar-refractivity contribution < 1.29 is 23.1 Å². The van der Waals surface area contributed by atoms with Crippen LogP contribution < -0.4 is 15.1 Å². The highest BCUT2D eigenvalue weighted by molar-refractivity contribution is 6.18. The number of rotatable bonds is 5. The Morgan fingerprint density at radius 1 is 1.41 bits per heavy atom. The molecule has 0 bridgehead atoms. The van der Waals surface area contributed by atoms with Crippen LogP contribution in [0, 0.1) is 5.82 Å². The molecule has 6 nitrogen and oxygen atoms in total. The molecule has 0 aromatic heterocycles. The lowest BCUT2D eigenvalue weighted by molar-refractivity contribution is -0.119. The van der Waals surface area contributed by atoms with Gasteiger partial charge < -0.3 is 15.0 Å². The van der Waals surface area contributed by atoms with E-state index in [2.05, 4.69) is 5.32 Å². The van der Waals surface area contributed by atoms with Crippen molar-refractivity contribution in [3.63, 3.8) is 0 Å². The number of anilines is 2. The van der Waals surface area contributed by atoms with Crippen LogP contribution in [0.25, 0.3) is 0 Å². The number of piperidine rings is 1. The highest BCUT2D eigenvalue weighted by Crippen LogP contribution is 2.33. The second kappa shape index (κ2) is 7.88. The second-order valence-electron chi connectivity index (χ2n) is 6.96. The Hall–Kier alpha value is -2.09. The van der Waals surface area contributed by atoms with E-state index in [0.717, 1.165) is 0 Å². The largest absolute Gasteiger partial charge is 0.442 e. The van der Waals surface area contributed by atoms with Crippen LogP contribution in [0.1, 0.15) is 19.8 Å². The predicted molar refractivity (Wildman–Crippen MR) is 98.7 cm³/mol. The number of hydrogen-bond donors (Lipinski definition) is 1. The molecule has 1 aromatic rings. The number of carbonyl (C=O) groups is 2. The van der Waals surface area contributed by atoms with E-state index in [9.17, 15) is 18.4 Å². The second-order valence-corrected chi connectivity index (χ2v) is 7.23. The number of nitrogens with zero attached hydrogens (tertiary/aromatic N) is 2. The Morgan fingerprint density at radius 2 is 2.11 bits per heavy atom. The van der Waals surface area contributed by atoms with Crippen LogP contribution in [-0.4, -0.2) is 55.8 Å². The number of nitrogens with one attached hydrogen (secondary N) is 1. The molecule has 2 aliphatic heterocycles. The number of cyclic esters (lactones) is 1. The summed E-state index contributed by atoms with van der Waals surface area (Å²) in [4.78, 5) is 26.1. The Balaban J connectivity index is 1.67. The molecule has 0 aliphatic carbocycles. The Bertz CT molecular complexity index is 726. The molecule has 148 valence electrons. The summed E-state index contributed by atoms with van der Waals surface area (Å²) < 4.78 is 34.0. The molecule has 2 fully saturated rings. The fraction of sp³-hybridized carbons (Fsp3) is 0.556. The van der Waals surface area contributed by atoms with Crippen molar-refractivity contribution in [1.29, 1.82) is 0 Å². The summed E-state index contributed by atoms with van der Waals surface area (Å²) in [5.74, 6) is -0.755. The van der Waals surface area contributed by atoms with Gasteiger partial charge in [-0.3, -0.25) is 9.69 Å². The zero-order valence-corrected chi connectivity index (χ0v) is 15.8. The summed E-state index contributed by atoms with van der Waals surface area (Å²) in [6.45, 7) is 2.57. The van der Waals surface area contributed by atoms with Crippen LogP contribution in [0.4, 0.5) is 25.0 Å². The van der Waals surface area contributed by atoms with E-state index in [-0.39, 0.29) is 37.7 Å². The Morgan fingerprint density at radius 3 is 2.70 bits per heavy atom. The standard InChI is InChI=1S/C18H22ClF2N3O3/c1-12(25)22-9-14-10-24(17(26)27-14)13-2-3-16(15(20)8-13)23-6-4-18(21,11-19)5-7-23/h2-3,8,14H,4-7,9-11H2,1H3,(H,22,25)/t14-/m0/s1. The van der Waals surface area contributed by atoms with E-state index >= 15 is 0 Å². The van der Waals surface area contributed by atoms with Gasteiger partial charge in [-0.1, -0.05) is 0 Å². The maximum Gasteiger partial charge on any atom is 0.414 e. The average molecular weight is 402 g/mol. The highest BCUT2D eigenvalue weighted by atomic mass is 35.5. The molecule has 3 rings (SSSR count). The maximum absolute atomic E-state index is 14.6. The molecule has 9 heteroatoms. The van der Waals surface area contributed by atoms with Gasteiger partial charge >= 0.3 is 6.09 Å². The summed E-state index contributed by atoms with van der Waals surface area (Å²) in [7, 11) is 0. The van der Waals surface area contributed by atoms with Crippen molar-refractivity contribution >= 4 is 35.0 Å². The SMILES string of the molecule is CC(=O)NC[C@H]1CN(c2ccc(N3CCC(F)(CCl)CC3)c(F)c2)C(=O)O1. The van der Waals surface area contributed by atoms with Gasteiger partial charge in [0.05, 0.1) is 30.3 Å². The first kappa shape index (κ1) is 19.7. The Kier molecular flexibility index (Phi) is 5.74. The molecule has 2 saturated heterocycles. The fourth-order valence-electron chi connectivity index (χ4n) is 3.30. The number of ether oxygens (including phenoxy) is 1. The van der Waals surface area contributed by atoms with Crippen LogP contribution in [0.3, 0.4) is 0 Å². The van der Waals surface area contributed by atoms with Crippen molar-refractivity contribution in [3.05, 3.63) is 24.0 Å². The molecule has 0 radical (unpaired) electrons. The van der Waals surface area contributed by atoms with Crippen molar-refractivity contribution in [2.75, 3.05) is 41.9 Å². The molecule has 2 heterocycles. The smallest absolute Gasteiger partial charge is 0.414 e. The number of halogens is 3. The average Bonchev–Trinajstić information content (AvgIpc) is 3.02. The van der Waals surface area contributed by atoms with Crippen molar-refractivity contribution in [2.45, 2.75) is 31.5 Å². The molecule has 1 aromatic carbocycles.